The molecule has 3 rings (SSSR count). The van der Waals surface area contributed by atoms with Crippen molar-refractivity contribution in [2.24, 2.45) is 0 Å². The Bertz CT molecular complexity index is 432. The van der Waals surface area contributed by atoms with Crippen LogP contribution in [0.3, 0.4) is 0 Å². The second-order valence-electron chi connectivity index (χ2n) is 5.13. The molecule has 0 spiro atoms. The normalized spacial score (nSPS) is 29.6. The van der Waals surface area contributed by atoms with E-state index in [0.29, 0.717) is 12.1 Å². The van der Waals surface area contributed by atoms with E-state index in [9.17, 15) is 4.39 Å². The summed E-state index contributed by atoms with van der Waals surface area (Å²) in [6.45, 7) is 0.817. The molecule has 1 aromatic rings. The first-order chi connectivity index (χ1) is 8.74. The molecule has 18 heavy (non-hydrogen) atoms. The van der Waals surface area contributed by atoms with Crippen LogP contribution in [0.2, 0.25) is 0 Å². The second kappa shape index (κ2) is 4.86. The maximum atomic E-state index is 13.1. The fourth-order valence-corrected chi connectivity index (χ4v) is 2.63. The van der Waals surface area contributed by atoms with Crippen molar-refractivity contribution in [3.63, 3.8) is 0 Å². The number of hydrogen-bond donors (Lipinski definition) is 1. The number of halogens is 1. The number of fused-ring (bicyclic) bond motifs is 1. The number of benzene rings is 1. The van der Waals surface area contributed by atoms with Crippen LogP contribution in [0.1, 0.15) is 18.4 Å². The number of rotatable bonds is 4. The van der Waals surface area contributed by atoms with Crippen LogP contribution in [0, 0.1) is 5.82 Å². The van der Waals surface area contributed by atoms with Crippen LogP contribution in [0.25, 0.3) is 0 Å². The first-order valence-electron chi connectivity index (χ1n) is 6.46. The first-order valence-corrected chi connectivity index (χ1v) is 6.46. The highest BCUT2D eigenvalue weighted by atomic mass is 19.1. The molecule has 1 heterocycles. The Morgan fingerprint density at radius 2 is 2.28 bits per heavy atom. The van der Waals surface area contributed by atoms with E-state index in [1.807, 2.05) is 0 Å². The molecule has 0 aromatic heterocycles. The van der Waals surface area contributed by atoms with Crippen molar-refractivity contribution in [3.05, 3.63) is 29.6 Å². The fraction of sp³-hybridized carbons (Fsp3) is 0.571. The topological polar surface area (TPSA) is 30.5 Å². The summed E-state index contributed by atoms with van der Waals surface area (Å²) in [5.74, 6) is 0.638. The molecule has 1 saturated carbocycles. The first kappa shape index (κ1) is 11.9. The van der Waals surface area contributed by atoms with Gasteiger partial charge in [0, 0.05) is 31.7 Å². The molecule has 98 valence electrons. The molecule has 1 aromatic carbocycles. The third kappa shape index (κ3) is 2.35. The molecule has 2 aliphatic rings. The van der Waals surface area contributed by atoms with E-state index in [1.165, 1.54) is 6.07 Å². The summed E-state index contributed by atoms with van der Waals surface area (Å²) in [7, 11) is 1.76. The van der Waals surface area contributed by atoms with Crippen molar-refractivity contribution >= 4 is 0 Å². The molecule has 1 N–H and O–H groups in total. The Labute approximate surface area is 106 Å². The highest BCUT2D eigenvalue weighted by Gasteiger charge is 2.30. The van der Waals surface area contributed by atoms with Gasteiger partial charge in [0.2, 0.25) is 0 Å². The average Bonchev–Trinajstić information content (AvgIpc) is 2.69. The molecular formula is C14H18FNO2. The van der Waals surface area contributed by atoms with Crippen LogP contribution in [-0.2, 0) is 11.2 Å². The van der Waals surface area contributed by atoms with Crippen LogP contribution in [0.15, 0.2) is 18.2 Å². The third-order valence-corrected chi connectivity index (χ3v) is 3.83. The van der Waals surface area contributed by atoms with Crippen molar-refractivity contribution in [1.82, 2.24) is 5.32 Å². The van der Waals surface area contributed by atoms with Crippen LogP contribution < -0.4 is 10.1 Å². The van der Waals surface area contributed by atoms with Gasteiger partial charge in [-0.1, -0.05) is 0 Å². The van der Waals surface area contributed by atoms with E-state index in [2.05, 4.69) is 5.32 Å². The zero-order valence-corrected chi connectivity index (χ0v) is 10.5. The highest BCUT2D eigenvalue weighted by molar-refractivity contribution is 5.37. The van der Waals surface area contributed by atoms with Gasteiger partial charge < -0.3 is 14.8 Å². The van der Waals surface area contributed by atoms with Crippen LogP contribution in [0.5, 0.6) is 5.75 Å². The predicted molar refractivity (Wildman–Crippen MR) is 66.3 cm³/mol. The van der Waals surface area contributed by atoms with Crippen LogP contribution in [-0.4, -0.2) is 31.9 Å². The zero-order chi connectivity index (χ0) is 12.5. The molecule has 1 fully saturated rings. The number of nitrogens with one attached hydrogen (secondary N) is 1. The van der Waals surface area contributed by atoms with Crippen molar-refractivity contribution in [1.29, 1.82) is 0 Å². The molecule has 0 radical (unpaired) electrons. The van der Waals surface area contributed by atoms with Crippen LogP contribution in [0.4, 0.5) is 4.39 Å². The van der Waals surface area contributed by atoms with Gasteiger partial charge in [0.05, 0.1) is 6.10 Å². The standard InChI is InChI=1S/C14H18FNO2/c1-17-12-6-11(7-12)16-8-13-5-9-4-10(15)2-3-14(9)18-13/h2-4,11-13,16H,5-8H2,1H3. The van der Waals surface area contributed by atoms with E-state index in [0.717, 1.165) is 37.1 Å². The van der Waals surface area contributed by atoms with Gasteiger partial charge in [-0.3, -0.25) is 0 Å². The summed E-state index contributed by atoms with van der Waals surface area (Å²) in [5.41, 5.74) is 0.977. The van der Waals surface area contributed by atoms with Gasteiger partial charge >= 0.3 is 0 Å². The van der Waals surface area contributed by atoms with Gasteiger partial charge in [-0.15, -0.1) is 0 Å². The van der Waals surface area contributed by atoms with Crippen molar-refractivity contribution in [2.45, 2.75) is 37.5 Å². The van der Waals surface area contributed by atoms with Crippen molar-refractivity contribution in [3.8, 4) is 5.75 Å². The quantitative estimate of drug-likeness (QED) is 0.886. The summed E-state index contributed by atoms with van der Waals surface area (Å²) < 4.78 is 24.1. The molecular weight excluding hydrogens is 233 g/mol. The van der Waals surface area contributed by atoms with Gasteiger partial charge in [0.1, 0.15) is 17.7 Å². The van der Waals surface area contributed by atoms with Gasteiger partial charge in [0.25, 0.3) is 0 Å². The van der Waals surface area contributed by atoms with Gasteiger partial charge in [-0.05, 0) is 31.0 Å². The molecule has 0 amide bonds. The highest BCUT2D eigenvalue weighted by Crippen LogP contribution is 2.29. The molecule has 1 unspecified atom stereocenters. The maximum Gasteiger partial charge on any atom is 0.123 e. The SMILES string of the molecule is COC1CC(NCC2Cc3cc(F)ccc3O2)C1. The summed E-state index contributed by atoms with van der Waals surface area (Å²) in [6.07, 6.45) is 3.48. The molecule has 1 aliphatic heterocycles. The minimum Gasteiger partial charge on any atom is -0.488 e. The maximum absolute atomic E-state index is 13.1. The third-order valence-electron chi connectivity index (χ3n) is 3.83. The summed E-state index contributed by atoms with van der Waals surface area (Å²) in [5, 5.41) is 3.48. The number of hydrogen-bond acceptors (Lipinski definition) is 3. The van der Waals surface area contributed by atoms with E-state index in [4.69, 9.17) is 9.47 Å². The fourth-order valence-electron chi connectivity index (χ4n) is 2.63. The Morgan fingerprint density at radius 3 is 3.06 bits per heavy atom. The number of methoxy groups -OCH3 is 1. The lowest BCUT2D eigenvalue weighted by atomic mass is 9.89. The Morgan fingerprint density at radius 1 is 1.44 bits per heavy atom. The average molecular weight is 251 g/mol. The number of ether oxygens (including phenoxy) is 2. The van der Waals surface area contributed by atoms with E-state index in [1.54, 1.807) is 19.2 Å². The lowest BCUT2D eigenvalue weighted by molar-refractivity contribution is 0.0151. The van der Waals surface area contributed by atoms with E-state index >= 15 is 0 Å². The zero-order valence-electron chi connectivity index (χ0n) is 10.5. The van der Waals surface area contributed by atoms with Crippen molar-refractivity contribution < 1.29 is 13.9 Å². The van der Waals surface area contributed by atoms with E-state index < -0.39 is 0 Å². The molecule has 1 atom stereocenters. The lowest BCUT2D eigenvalue weighted by Gasteiger charge is -2.35. The molecule has 3 nitrogen and oxygen atoms in total. The lowest BCUT2D eigenvalue weighted by Crippen LogP contribution is -2.47. The van der Waals surface area contributed by atoms with Crippen molar-refractivity contribution in [2.75, 3.05) is 13.7 Å². The largest absolute Gasteiger partial charge is 0.488 e. The summed E-state index contributed by atoms with van der Waals surface area (Å²) >= 11 is 0. The monoisotopic (exact) mass is 251 g/mol. The van der Waals surface area contributed by atoms with Gasteiger partial charge in [-0.25, -0.2) is 4.39 Å². The Balaban J connectivity index is 1.47. The summed E-state index contributed by atoms with van der Waals surface area (Å²) in [4.78, 5) is 0. The minimum atomic E-state index is -0.187. The molecule has 4 heteroatoms. The Hall–Kier alpha value is -1.13. The minimum absolute atomic E-state index is 0.128. The van der Waals surface area contributed by atoms with Gasteiger partial charge in [-0.2, -0.15) is 0 Å². The molecule has 1 aliphatic carbocycles. The Kier molecular flexibility index (Phi) is 3.22. The molecule has 0 saturated heterocycles. The second-order valence-corrected chi connectivity index (χ2v) is 5.13. The molecule has 0 bridgehead atoms. The predicted octanol–water partition coefficient (Wildman–Crippen LogP) is 1.90. The smallest absolute Gasteiger partial charge is 0.123 e. The van der Waals surface area contributed by atoms with E-state index in [-0.39, 0.29) is 11.9 Å². The van der Waals surface area contributed by atoms with Gasteiger partial charge in [0.15, 0.2) is 0 Å². The summed E-state index contributed by atoms with van der Waals surface area (Å²) in [6, 6.07) is 5.28. The van der Waals surface area contributed by atoms with Crippen LogP contribution >= 0.6 is 0 Å².